The second-order valence-corrected chi connectivity index (χ2v) is 3.97. The van der Waals surface area contributed by atoms with Gasteiger partial charge in [-0.25, -0.2) is 19.2 Å². The molecule has 0 saturated carbocycles. The number of H-pyrrole nitrogens is 1. The van der Waals surface area contributed by atoms with Crippen LogP contribution >= 0.6 is 0 Å². The lowest BCUT2D eigenvalue weighted by Gasteiger charge is -1.96. The highest BCUT2D eigenvalue weighted by molar-refractivity contribution is 5.91. The van der Waals surface area contributed by atoms with E-state index in [1.165, 1.54) is 18.3 Å². The van der Waals surface area contributed by atoms with Gasteiger partial charge < -0.3 is 10.1 Å². The van der Waals surface area contributed by atoms with Crippen molar-refractivity contribution in [1.82, 2.24) is 15.0 Å². The number of carboxylic acids is 1. The van der Waals surface area contributed by atoms with Gasteiger partial charge in [-0.15, -0.1) is 0 Å². The second-order valence-electron chi connectivity index (χ2n) is 3.97. The summed E-state index contributed by atoms with van der Waals surface area (Å²) in [6, 6.07) is 7.62. The molecule has 0 amide bonds. The largest absolute Gasteiger partial charge is 0.478 e. The summed E-state index contributed by atoms with van der Waals surface area (Å²) in [5, 5.41) is 8.88. The predicted molar refractivity (Wildman–Crippen MR) is 66.2 cm³/mol. The molecule has 0 spiro atoms. The molecule has 0 unspecified atom stereocenters. The number of aromatic amines is 1. The van der Waals surface area contributed by atoms with Crippen molar-refractivity contribution in [1.29, 1.82) is 0 Å². The maximum Gasteiger partial charge on any atom is 0.337 e. The van der Waals surface area contributed by atoms with Gasteiger partial charge in [0.25, 0.3) is 0 Å². The quantitative estimate of drug-likeness (QED) is 0.739. The van der Waals surface area contributed by atoms with Gasteiger partial charge in [0, 0.05) is 6.20 Å². The zero-order chi connectivity index (χ0) is 13.4. The van der Waals surface area contributed by atoms with E-state index in [2.05, 4.69) is 15.0 Å². The van der Waals surface area contributed by atoms with E-state index in [1.54, 1.807) is 18.2 Å². The highest BCUT2D eigenvalue weighted by Gasteiger charge is 2.12. The number of imidazole rings is 1. The molecule has 0 aliphatic heterocycles. The van der Waals surface area contributed by atoms with Gasteiger partial charge in [0.2, 0.25) is 0 Å². The molecular weight excluding hydrogens is 249 g/mol. The third-order valence-corrected chi connectivity index (χ3v) is 2.71. The van der Waals surface area contributed by atoms with E-state index in [9.17, 15) is 9.18 Å². The Balaban J connectivity index is 2.17. The highest BCUT2D eigenvalue weighted by Crippen LogP contribution is 2.22. The molecule has 94 valence electrons. The normalized spacial score (nSPS) is 10.8. The number of hydrogen-bond acceptors (Lipinski definition) is 3. The molecule has 3 aromatic rings. The van der Waals surface area contributed by atoms with Gasteiger partial charge in [-0.05, 0) is 18.2 Å². The lowest BCUT2D eigenvalue weighted by atomic mass is 10.2. The van der Waals surface area contributed by atoms with Gasteiger partial charge in [0.15, 0.2) is 5.65 Å². The molecule has 6 heteroatoms. The van der Waals surface area contributed by atoms with Crippen molar-refractivity contribution < 1.29 is 14.3 Å². The number of aromatic nitrogens is 3. The molecule has 2 N–H and O–H groups in total. The Bertz CT molecular complexity index is 782. The fourth-order valence-electron chi connectivity index (χ4n) is 1.80. The van der Waals surface area contributed by atoms with Crippen LogP contribution in [0.4, 0.5) is 4.39 Å². The van der Waals surface area contributed by atoms with Crippen LogP contribution in [-0.2, 0) is 0 Å². The van der Waals surface area contributed by atoms with Crippen molar-refractivity contribution in [2.45, 2.75) is 0 Å². The first-order valence-corrected chi connectivity index (χ1v) is 5.49. The lowest BCUT2D eigenvalue weighted by molar-refractivity contribution is 0.0696. The van der Waals surface area contributed by atoms with Gasteiger partial charge >= 0.3 is 5.97 Å². The summed E-state index contributed by atoms with van der Waals surface area (Å²) in [5.41, 5.74) is 1.18. The van der Waals surface area contributed by atoms with Crippen LogP contribution in [0, 0.1) is 5.82 Å². The Labute approximate surface area is 106 Å². The van der Waals surface area contributed by atoms with Gasteiger partial charge in [-0.3, -0.25) is 0 Å². The third-order valence-electron chi connectivity index (χ3n) is 2.71. The highest BCUT2D eigenvalue weighted by atomic mass is 19.1. The van der Waals surface area contributed by atoms with Crippen LogP contribution in [0.5, 0.6) is 0 Å². The van der Waals surface area contributed by atoms with E-state index in [0.717, 1.165) is 0 Å². The summed E-state index contributed by atoms with van der Waals surface area (Å²) in [6.07, 6.45) is 1.22. The summed E-state index contributed by atoms with van der Waals surface area (Å²) >= 11 is 0. The van der Waals surface area contributed by atoms with Crippen molar-refractivity contribution in [3.05, 3.63) is 47.9 Å². The molecule has 5 nitrogen and oxygen atoms in total. The third kappa shape index (κ3) is 1.93. The lowest BCUT2D eigenvalue weighted by Crippen LogP contribution is -1.96. The minimum atomic E-state index is -1.07. The van der Waals surface area contributed by atoms with Crippen LogP contribution in [0.1, 0.15) is 10.4 Å². The van der Waals surface area contributed by atoms with Crippen molar-refractivity contribution in [3.63, 3.8) is 0 Å². The summed E-state index contributed by atoms with van der Waals surface area (Å²) in [6.45, 7) is 0. The molecule has 0 saturated heterocycles. The topological polar surface area (TPSA) is 78.9 Å². The Kier molecular flexibility index (Phi) is 2.49. The molecule has 1 aromatic carbocycles. The molecule has 0 aliphatic carbocycles. The molecule has 0 bridgehead atoms. The first-order chi connectivity index (χ1) is 9.15. The number of aromatic carboxylic acids is 1. The van der Waals surface area contributed by atoms with Gasteiger partial charge in [0.1, 0.15) is 11.6 Å². The Hall–Kier alpha value is -2.76. The molecule has 0 radical (unpaired) electrons. The van der Waals surface area contributed by atoms with Gasteiger partial charge in [-0.2, -0.15) is 0 Å². The average Bonchev–Trinajstić information content (AvgIpc) is 2.81. The first kappa shape index (κ1) is 11.3. The number of hydrogen-bond donors (Lipinski definition) is 2. The maximum absolute atomic E-state index is 13.6. The van der Waals surface area contributed by atoms with Crippen LogP contribution in [0.3, 0.4) is 0 Å². The zero-order valence-corrected chi connectivity index (χ0v) is 9.59. The van der Waals surface area contributed by atoms with Crippen LogP contribution < -0.4 is 0 Å². The number of carboxylic acid groups (broad SMARTS) is 1. The number of rotatable bonds is 2. The van der Waals surface area contributed by atoms with E-state index in [0.29, 0.717) is 22.6 Å². The number of nitrogens with one attached hydrogen (secondary N) is 1. The smallest absolute Gasteiger partial charge is 0.337 e. The SMILES string of the molecule is O=C(O)c1cnc2nc(-c3ccccc3F)[nH]c2c1. The molecule has 2 aromatic heterocycles. The average molecular weight is 257 g/mol. The van der Waals surface area contributed by atoms with Gasteiger partial charge in [-0.1, -0.05) is 12.1 Å². The first-order valence-electron chi connectivity index (χ1n) is 5.49. The molecule has 2 heterocycles. The van der Waals surface area contributed by atoms with Crippen molar-refractivity contribution in [2.75, 3.05) is 0 Å². The zero-order valence-electron chi connectivity index (χ0n) is 9.59. The summed E-state index contributed by atoms with van der Waals surface area (Å²) < 4.78 is 13.6. The van der Waals surface area contributed by atoms with E-state index >= 15 is 0 Å². The van der Waals surface area contributed by atoms with E-state index < -0.39 is 11.8 Å². The van der Waals surface area contributed by atoms with Crippen molar-refractivity contribution in [2.24, 2.45) is 0 Å². The summed E-state index contributed by atoms with van der Waals surface area (Å²) in [4.78, 5) is 21.8. The maximum atomic E-state index is 13.6. The number of nitrogens with zero attached hydrogens (tertiary/aromatic N) is 2. The number of carbonyl (C=O) groups is 1. The van der Waals surface area contributed by atoms with E-state index in [1.807, 2.05) is 0 Å². The molecule has 3 rings (SSSR count). The Morgan fingerprint density at radius 1 is 1.32 bits per heavy atom. The van der Waals surface area contributed by atoms with Gasteiger partial charge in [0.05, 0.1) is 16.6 Å². The number of pyridine rings is 1. The van der Waals surface area contributed by atoms with E-state index in [-0.39, 0.29) is 5.56 Å². The minimum absolute atomic E-state index is 0.0521. The molecule has 19 heavy (non-hydrogen) atoms. The fraction of sp³-hybridized carbons (Fsp3) is 0. The summed E-state index contributed by atoms with van der Waals surface area (Å²) in [5.74, 6) is -1.15. The standard InChI is InChI=1S/C13H8FN3O2/c14-9-4-2-1-3-8(9)11-16-10-5-7(13(18)19)6-15-12(10)17-11/h1-6H,(H,18,19)(H,15,16,17). The minimum Gasteiger partial charge on any atom is -0.478 e. The summed E-state index contributed by atoms with van der Waals surface area (Å²) in [7, 11) is 0. The van der Waals surface area contributed by atoms with Crippen LogP contribution in [0.25, 0.3) is 22.6 Å². The number of benzene rings is 1. The fourth-order valence-corrected chi connectivity index (χ4v) is 1.80. The van der Waals surface area contributed by atoms with Crippen LogP contribution in [-0.4, -0.2) is 26.0 Å². The molecule has 0 fully saturated rings. The monoisotopic (exact) mass is 257 g/mol. The Morgan fingerprint density at radius 3 is 2.84 bits per heavy atom. The van der Waals surface area contributed by atoms with E-state index in [4.69, 9.17) is 5.11 Å². The molecule has 0 aliphatic rings. The molecule has 0 atom stereocenters. The number of fused-ring (bicyclic) bond motifs is 1. The van der Waals surface area contributed by atoms with Crippen LogP contribution in [0.2, 0.25) is 0 Å². The van der Waals surface area contributed by atoms with Crippen molar-refractivity contribution in [3.8, 4) is 11.4 Å². The molecular formula is C13H8FN3O2. The number of halogens is 1. The second kappa shape index (κ2) is 4.16. The van der Waals surface area contributed by atoms with Crippen molar-refractivity contribution >= 4 is 17.1 Å². The predicted octanol–water partition coefficient (Wildman–Crippen LogP) is 2.46. The Morgan fingerprint density at radius 2 is 2.11 bits per heavy atom. The van der Waals surface area contributed by atoms with Crippen LogP contribution in [0.15, 0.2) is 36.5 Å².